The summed E-state index contributed by atoms with van der Waals surface area (Å²) in [5.41, 5.74) is 0.887. The third-order valence-electron chi connectivity index (χ3n) is 3.32. The molecule has 0 atom stereocenters. The Morgan fingerprint density at radius 3 is 2.62 bits per heavy atom. The summed E-state index contributed by atoms with van der Waals surface area (Å²) in [5, 5.41) is 11.8. The van der Waals surface area contributed by atoms with Gasteiger partial charge in [0.15, 0.2) is 11.5 Å². The Hall–Kier alpha value is -3.59. The molecule has 0 saturated carbocycles. The highest BCUT2D eigenvalue weighted by Crippen LogP contribution is 2.29. The molecule has 1 N–H and O–H groups in total. The second-order valence-corrected chi connectivity index (χ2v) is 5.14. The van der Waals surface area contributed by atoms with E-state index in [0.29, 0.717) is 29.4 Å². The predicted octanol–water partition coefficient (Wildman–Crippen LogP) is 3.94. The van der Waals surface area contributed by atoms with E-state index >= 15 is 0 Å². The summed E-state index contributed by atoms with van der Waals surface area (Å²) in [6.45, 7) is 3.91. The molecule has 2 aromatic rings. The van der Waals surface area contributed by atoms with Crippen LogP contribution in [0.2, 0.25) is 0 Å². The molecule has 0 aliphatic heterocycles. The van der Waals surface area contributed by atoms with Crippen molar-refractivity contribution >= 4 is 17.7 Å². The van der Waals surface area contributed by atoms with E-state index in [4.69, 9.17) is 9.47 Å². The first kappa shape index (κ1) is 18.7. The number of carbonyl (C=O) groups is 1. The topological polar surface area (TPSA) is 71.3 Å². The Bertz CT molecular complexity index is 868. The molecule has 26 heavy (non-hydrogen) atoms. The quantitative estimate of drug-likeness (QED) is 0.465. The lowest BCUT2D eigenvalue weighted by atomic mass is 10.1. The molecule has 6 heteroatoms. The number of hydrogen-bond donors (Lipinski definition) is 1. The van der Waals surface area contributed by atoms with Crippen molar-refractivity contribution in [2.45, 2.75) is 0 Å². The standard InChI is InChI=1S/C20H17FN2O3/c1-3-10-26-18-9-4-14(12-19(18)25-2)11-15(13-22)20(24)23-17-7-5-16(21)6-8-17/h3-9,11-12H,1,10H2,2H3,(H,23,24)/b15-11+. The maximum Gasteiger partial charge on any atom is 0.266 e. The molecule has 0 spiro atoms. The minimum atomic E-state index is -0.593. The summed E-state index contributed by atoms with van der Waals surface area (Å²) in [4.78, 5) is 12.2. The van der Waals surface area contributed by atoms with Crippen LogP contribution in [-0.4, -0.2) is 19.6 Å². The van der Waals surface area contributed by atoms with Crippen LogP contribution in [0.4, 0.5) is 10.1 Å². The molecular weight excluding hydrogens is 335 g/mol. The zero-order valence-electron chi connectivity index (χ0n) is 14.2. The van der Waals surface area contributed by atoms with Crippen molar-refractivity contribution < 1.29 is 18.7 Å². The van der Waals surface area contributed by atoms with E-state index in [1.165, 1.54) is 37.5 Å². The largest absolute Gasteiger partial charge is 0.493 e. The summed E-state index contributed by atoms with van der Waals surface area (Å²) in [5.74, 6) is -0.00869. The molecule has 0 saturated heterocycles. The van der Waals surface area contributed by atoms with Crippen molar-refractivity contribution in [1.82, 2.24) is 0 Å². The maximum absolute atomic E-state index is 12.9. The van der Waals surface area contributed by atoms with E-state index in [9.17, 15) is 14.4 Å². The second kappa shape index (κ2) is 9.04. The Morgan fingerprint density at radius 2 is 2.00 bits per heavy atom. The van der Waals surface area contributed by atoms with Crippen LogP contribution in [0.25, 0.3) is 6.08 Å². The molecule has 0 aromatic heterocycles. The van der Waals surface area contributed by atoms with Gasteiger partial charge in [0.1, 0.15) is 24.1 Å². The predicted molar refractivity (Wildman–Crippen MR) is 97.3 cm³/mol. The van der Waals surface area contributed by atoms with Crippen LogP contribution in [0.5, 0.6) is 11.5 Å². The molecule has 2 rings (SSSR count). The molecule has 5 nitrogen and oxygen atoms in total. The smallest absolute Gasteiger partial charge is 0.266 e. The van der Waals surface area contributed by atoms with E-state index in [0.717, 1.165) is 0 Å². The molecule has 0 radical (unpaired) electrons. The monoisotopic (exact) mass is 352 g/mol. The van der Waals surface area contributed by atoms with Crippen molar-refractivity contribution in [3.63, 3.8) is 0 Å². The van der Waals surface area contributed by atoms with Crippen LogP contribution in [0.3, 0.4) is 0 Å². The lowest BCUT2D eigenvalue weighted by Gasteiger charge is -2.10. The molecule has 0 fully saturated rings. The molecular formula is C20H17FN2O3. The van der Waals surface area contributed by atoms with E-state index < -0.39 is 11.7 Å². The first-order valence-electron chi connectivity index (χ1n) is 7.68. The van der Waals surface area contributed by atoms with Crippen molar-refractivity contribution in [1.29, 1.82) is 5.26 Å². The van der Waals surface area contributed by atoms with Crippen LogP contribution in [0.15, 0.2) is 60.7 Å². The molecule has 0 unspecified atom stereocenters. The van der Waals surface area contributed by atoms with Crippen LogP contribution in [0, 0.1) is 17.1 Å². The van der Waals surface area contributed by atoms with Gasteiger partial charge in [-0.1, -0.05) is 18.7 Å². The third-order valence-corrected chi connectivity index (χ3v) is 3.32. The lowest BCUT2D eigenvalue weighted by Crippen LogP contribution is -2.13. The Labute approximate surface area is 151 Å². The van der Waals surface area contributed by atoms with Crippen LogP contribution >= 0.6 is 0 Å². The van der Waals surface area contributed by atoms with E-state index in [1.807, 2.05) is 6.07 Å². The van der Waals surface area contributed by atoms with Crippen molar-refractivity contribution in [3.05, 3.63) is 72.1 Å². The fraction of sp³-hybridized carbons (Fsp3) is 0.100. The normalized spacial score (nSPS) is 10.6. The SMILES string of the molecule is C=CCOc1ccc(/C=C(\C#N)C(=O)Nc2ccc(F)cc2)cc1OC. The molecule has 1 amide bonds. The molecule has 0 aliphatic carbocycles. The van der Waals surface area contributed by atoms with Gasteiger partial charge in [0.25, 0.3) is 5.91 Å². The van der Waals surface area contributed by atoms with E-state index in [2.05, 4.69) is 11.9 Å². The number of nitrogens with one attached hydrogen (secondary N) is 1. The van der Waals surface area contributed by atoms with Gasteiger partial charge in [-0.05, 0) is 48.0 Å². The number of nitriles is 1. The van der Waals surface area contributed by atoms with Crippen molar-refractivity contribution in [2.75, 3.05) is 19.0 Å². The summed E-state index contributed by atoms with van der Waals surface area (Å²) in [6, 6.07) is 12.2. The fourth-order valence-electron chi connectivity index (χ4n) is 2.09. The summed E-state index contributed by atoms with van der Waals surface area (Å²) >= 11 is 0. The van der Waals surface area contributed by atoms with Gasteiger partial charge in [0, 0.05) is 5.69 Å². The number of benzene rings is 2. The van der Waals surface area contributed by atoms with E-state index in [-0.39, 0.29) is 5.57 Å². The number of nitrogens with zero attached hydrogens (tertiary/aromatic N) is 1. The van der Waals surface area contributed by atoms with Gasteiger partial charge >= 0.3 is 0 Å². The van der Waals surface area contributed by atoms with Crippen molar-refractivity contribution in [2.24, 2.45) is 0 Å². The van der Waals surface area contributed by atoms with Gasteiger partial charge in [0.05, 0.1) is 7.11 Å². The molecule has 132 valence electrons. The van der Waals surface area contributed by atoms with E-state index in [1.54, 1.807) is 24.3 Å². The zero-order valence-corrected chi connectivity index (χ0v) is 14.2. The Kier molecular flexibility index (Phi) is 6.52. The van der Waals surface area contributed by atoms with Gasteiger partial charge in [0.2, 0.25) is 0 Å². The van der Waals surface area contributed by atoms with Gasteiger partial charge in [-0.15, -0.1) is 0 Å². The second-order valence-electron chi connectivity index (χ2n) is 5.14. The van der Waals surface area contributed by atoms with Crippen LogP contribution in [0.1, 0.15) is 5.56 Å². The summed E-state index contributed by atoms with van der Waals surface area (Å²) < 4.78 is 23.6. The molecule has 0 bridgehead atoms. The number of halogens is 1. The number of anilines is 1. The first-order valence-corrected chi connectivity index (χ1v) is 7.68. The highest BCUT2D eigenvalue weighted by molar-refractivity contribution is 6.09. The van der Waals surface area contributed by atoms with Gasteiger partial charge < -0.3 is 14.8 Å². The first-order chi connectivity index (χ1) is 12.6. The van der Waals surface area contributed by atoms with Crippen LogP contribution < -0.4 is 14.8 Å². The van der Waals surface area contributed by atoms with Gasteiger partial charge in [-0.25, -0.2) is 4.39 Å². The lowest BCUT2D eigenvalue weighted by molar-refractivity contribution is -0.112. The number of ether oxygens (including phenoxy) is 2. The van der Waals surface area contributed by atoms with Crippen LogP contribution in [-0.2, 0) is 4.79 Å². The van der Waals surface area contributed by atoms with Crippen molar-refractivity contribution in [3.8, 4) is 17.6 Å². The molecule has 0 aliphatic rings. The number of methoxy groups -OCH3 is 1. The third kappa shape index (κ3) is 4.95. The summed E-state index contributed by atoms with van der Waals surface area (Å²) in [7, 11) is 1.50. The Morgan fingerprint density at radius 1 is 1.27 bits per heavy atom. The van der Waals surface area contributed by atoms with Gasteiger partial charge in [-0.3, -0.25) is 4.79 Å². The highest BCUT2D eigenvalue weighted by Gasteiger charge is 2.11. The fourth-order valence-corrected chi connectivity index (χ4v) is 2.09. The maximum atomic E-state index is 12.9. The number of rotatable bonds is 7. The number of hydrogen-bond acceptors (Lipinski definition) is 4. The molecule has 0 heterocycles. The minimum absolute atomic E-state index is 0.101. The summed E-state index contributed by atoms with van der Waals surface area (Å²) in [6.07, 6.45) is 3.04. The van der Waals surface area contributed by atoms with Gasteiger partial charge in [-0.2, -0.15) is 5.26 Å². The minimum Gasteiger partial charge on any atom is -0.493 e. The zero-order chi connectivity index (χ0) is 18.9. The number of amides is 1. The average Bonchev–Trinajstić information content (AvgIpc) is 2.66. The highest BCUT2D eigenvalue weighted by atomic mass is 19.1. The number of carbonyl (C=O) groups excluding carboxylic acids is 1. The Balaban J connectivity index is 2.21. The molecule has 2 aromatic carbocycles. The average molecular weight is 352 g/mol.